The van der Waals surface area contributed by atoms with Gasteiger partial charge in [0.25, 0.3) is 0 Å². The van der Waals surface area contributed by atoms with Crippen molar-refractivity contribution in [2.45, 2.75) is 31.1 Å². The van der Waals surface area contributed by atoms with Gasteiger partial charge in [-0.05, 0) is 22.8 Å². The summed E-state index contributed by atoms with van der Waals surface area (Å²) < 4.78 is 12.0. The molecule has 0 saturated carbocycles. The topological polar surface area (TPSA) is 42.0 Å². The SMILES string of the molecule is CN(C)C(=O)COC1CCOC2(C1)CN(Cc1cccc3ccccc13)C2. The first-order valence-corrected chi connectivity index (χ1v) is 9.69. The van der Waals surface area contributed by atoms with Crippen molar-refractivity contribution in [3.05, 3.63) is 48.0 Å². The Balaban J connectivity index is 1.33. The van der Waals surface area contributed by atoms with Gasteiger partial charge in [-0.25, -0.2) is 0 Å². The molecule has 0 bridgehead atoms. The molecule has 27 heavy (non-hydrogen) atoms. The zero-order valence-corrected chi connectivity index (χ0v) is 16.2. The van der Waals surface area contributed by atoms with Crippen LogP contribution in [-0.4, -0.2) is 67.8 Å². The minimum absolute atomic E-state index is 0.0155. The molecule has 2 heterocycles. The second-order valence-corrected chi connectivity index (χ2v) is 8.03. The molecule has 0 N–H and O–H groups in total. The van der Waals surface area contributed by atoms with Gasteiger partial charge >= 0.3 is 0 Å². The molecule has 0 radical (unpaired) electrons. The van der Waals surface area contributed by atoms with Crippen LogP contribution in [-0.2, 0) is 20.8 Å². The fourth-order valence-electron chi connectivity index (χ4n) is 4.22. The highest BCUT2D eigenvalue weighted by atomic mass is 16.5. The van der Waals surface area contributed by atoms with Crippen LogP contribution >= 0.6 is 0 Å². The number of hydrogen-bond acceptors (Lipinski definition) is 4. The Hall–Kier alpha value is -1.95. The van der Waals surface area contributed by atoms with E-state index in [0.717, 1.165) is 32.5 Å². The van der Waals surface area contributed by atoms with E-state index in [1.807, 2.05) is 0 Å². The Bertz CT molecular complexity index is 809. The molecule has 2 aromatic rings. The summed E-state index contributed by atoms with van der Waals surface area (Å²) in [5.41, 5.74) is 1.26. The second kappa shape index (κ2) is 7.58. The molecule has 144 valence electrons. The van der Waals surface area contributed by atoms with Crippen LogP contribution in [0.25, 0.3) is 10.8 Å². The van der Waals surface area contributed by atoms with Crippen LogP contribution in [0.15, 0.2) is 42.5 Å². The molecule has 5 nitrogen and oxygen atoms in total. The molecule has 2 aliphatic heterocycles. The second-order valence-electron chi connectivity index (χ2n) is 8.03. The van der Waals surface area contributed by atoms with Gasteiger partial charge in [0.2, 0.25) is 5.91 Å². The lowest BCUT2D eigenvalue weighted by atomic mass is 9.84. The summed E-state index contributed by atoms with van der Waals surface area (Å²) in [5, 5.41) is 2.62. The van der Waals surface area contributed by atoms with E-state index in [-0.39, 0.29) is 24.2 Å². The van der Waals surface area contributed by atoms with Crippen LogP contribution in [0.4, 0.5) is 0 Å². The number of rotatable bonds is 5. The Labute approximate surface area is 160 Å². The van der Waals surface area contributed by atoms with Crippen molar-refractivity contribution in [2.24, 2.45) is 0 Å². The predicted octanol–water partition coefficient (Wildman–Crippen LogP) is 2.68. The number of carbonyl (C=O) groups is 1. The van der Waals surface area contributed by atoms with E-state index in [9.17, 15) is 4.79 Å². The average molecular weight is 368 g/mol. The molecule has 0 aliphatic carbocycles. The zero-order valence-electron chi connectivity index (χ0n) is 16.2. The molecule has 1 spiro atoms. The lowest BCUT2D eigenvalue weighted by Gasteiger charge is -2.53. The summed E-state index contributed by atoms with van der Waals surface area (Å²) in [7, 11) is 3.52. The molecule has 2 aliphatic rings. The monoisotopic (exact) mass is 368 g/mol. The number of hydrogen-bond donors (Lipinski definition) is 0. The van der Waals surface area contributed by atoms with Crippen LogP contribution in [0.5, 0.6) is 0 Å². The molecule has 2 saturated heterocycles. The lowest BCUT2D eigenvalue weighted by Crippen LogP contribution is -2.65. The first-order chi connectivity index (χ1) is 13.0. The van der Waals surface area contributed by atoms with Gasteiger partial charge in [0.1, 0.15) is 6.61 Å². The van der Waals surface area contributed by atoms with Crippen LogP contribution in [0.2, 0.25) is 0 Å². The number of carbonyl (C=O) groups excluding carboxylic acids is 1. The van der Waals surface area contributed by atoms with E-state index in [4.69, 9.17) is 9.47 Å². The molecule has 2 aromatic carbocycles. The van der Waals surface area contributed by atoms with Crippen LogP contribution in [0, 0.1) is 0 Å². The summed E-state index contributed by atoms with van der Waals surface area (Å²) in [4.78, 5) is 15.8. The number of likely N-dealkylation sites (N-methyl/N-ethyl adjacent to an activating group) is 1. The molecule has 2 fully saturated rings. The Morgan fingerprint density at radius 1 is 1.22 bits per heavy atom. The first kappa shape index (κ1) is 18.4. The number of fused-ring (bicyclic) bond motifs is 1. The van der Waals surface area contributed by atoms with Crippen LogP contribution < -0.4 is 0 Å². The van der Waals surface area contributed by atoms with Gasteiger partial charge in [0, 0.05) is 46.8 Å². The molecule has 5 heteroatoms. The van der Waals surface area contributed by atoms with Gasteiger partial charge in [-0.2, -0.15) is 0 Å². The fraction of sp³-hybridized carbons (Fsp3) is 0.500. The summed E-state index contributed by atoms with van der Waals surface area (Å²) in [5.74, 6) is 0.0155. The molecule has 1 atom stereocenters. The largest absolute Gasteiger partial charge is 0.372 e. The predicted molar refractivity (Wildman–Crippen MR) is 106 cm³/mol. The van der Waals surface area contributed by atoms with Gasteiger partial charge in [0.05, 0.1) is 11.7 Å². The highest BCUT2D eigenvalue weighted by Crippen LogP contribution is 2.36. The number of nitrogens with zero attached hydrogens (tertiary/aromatic N) is 2. The summed E-state index contributed by atoms with van der Waals surface area (Å²) in [6, 6.07) is 15.1. The third-order valence-electron chi connectivity index (χ3n) is 5.69. The Kier molecular flexibility index (Phi) is 5.17. The van der Waals surface area contributed by atoms with Crippen molar-refractivity contribution < 1.29 is 14.3 Å². The third kappa shape index (κ3) is 4.00. The van der Waals surface area contributed by atoms with Gasteiger partial charge < -0.3 is 14.4 Å². The average Bonchev–Trinajstić information content (AvgIpc) is 2.65. The van der Waals surface area contributed by atoms with Crippen molar-refractivity contribution in [3.63, 3.8) is 0 Å². The normalized spacial score (nSPS) is 21.9. The Morgan fingerprint density at radius 2 is 2.00 bits per heavy atom. The van der Waals surface area contributed by atoms with Crippen LogP contribution in [0.3, 0.4) is 0 Å². The van der Waals surface area contributed by atoms with E-state index in [1.54, 1.807) is 19.0 Å². The minimum Gasteiger partial charge on any atom is -0.372 e. The van der Waals surface area contributed by atoms with Crippen molar-refractivity contribution in [2.75, 3.05) is 40.4 Å². The van der Waals surface area contributed by atoms with Gasteiger partial charge in [-0.1, -0.05) is 42.5 Å². The van der Waals surface area contributed by atoms with Crippen molar-refractivity contribution >= 4 is 16.7 Å². The molecule has 4 rings (SSSR count). The van der Waals surface area contributed by atoms with E-state index in [1.165, 1.54) is 16.3 Å². The maximum absolute atomic E-state index is 11.8. The molecule has 1 unspecified atom stereocenters. The number of benzene rings is 2. The summed E-state index contributed by atoms with van der Waals surface area (Å²) in [6.07, 6.45) is 1.85. The first-order valence-electron chi connectivity index (χ1n) is 9.69. The van der Waals surface area contributed by atoms with E-state index in [0.29, 0.717) is 6.61 Å². The molecular formula is C22H28N2O3. The minimum atomic E-state index is -0.103. The number of ether oxygens (including phenoxy) is 2. The van der Waals surface area contributed by atoms with Gasteiger partial charge in [0.15, 0.2) is 0 Å². The van der Waals surface area contributed by atoms with Gasteiger partial charge in [-0.15, -0.1) is 0 Å². The fourth-order valence-corrected chi connectivity index (χ4v) is 4.22. The lowest BCUT2D eigenvalue weighted by molar-refractivity contribution is -0.199. The highest BCUT2D eigenvalue weighted by Gasteiger charge is 2.47. The maximum atomic E-state index is 11.8. The molecule has 0 aromatic heterocycles. The van der Waals surface area contributed by atoms with E-state index < -0.39 is 0 Å². The maximum Gasteiger partial charge on any atom is 0.248 e. The summed E-state index contributed by atoms with van der Waals surface area (Å²) >= 11 is 0. The third-order valence-corrected chi connectivity index (χ3v) is 5.69. The van der Waals surface area contributed by atoms with Gasteiger partial charge in [-0.3, -0.25) is 9.69 Å². The molecule has 1 amide bonds. The van der Waals surface area contributed by atoms with E-state index >= 15 is 0 Å². The smallest absolute Gasteiger partial charge is 0.248 e. The summed E-state index contributed by atoms with van der Waals surface area (Å²) in [6.45, 7) is 3.67. The van der Waals surface area contributed by atoms with Crippen LogP contribution in [0.1, 0.15) is 18.4 Å². The standard InChI is InChI=1S/C22H28N2O3/c1-23(2)21(25)14-26-19-10-11-27-22(12-19)15-24(16-22)13-18-8-5-7-17-6-3-4-9-20(17)18/h3-9,19H,10-16H2,1-2H3. The highest BCUT2D eigenvalue weighted by molar-refractivity contribution is 5.85. The number of amides is 1. The quantitative estimate of drug-likeness (QED) is 0.814. The Morgan fingerprint density at radius 3 is 2.81 bits per heavy atom. The molecular weight excluding hydrogens is 340 g/mol. The van der Waals surface area contributed by atoms with Crippen molar-refractivity contribution in [1.82, 2.24) is 9.80 Å². The van der Waals surface area contributed by atoms with Crippen molar-refractivity contribution in [3.8, 4) is 0 Å². The zero-order chi connectivity index (χ0) is 18.9. The van der Waals surface area contributed by atoms with E-state index in [2.05, 4.69) is 47.4 Å². The number of likely N-dealkylation sites (tertiary alicyclic amines) is 1. The van der Waals surface area contributed by atoms with Crippen molar-refractivity contribution in [1.29, 1.82) is 0 Å².